The average molecular weight is 268 g/mol. The van der Waals surface area contributed by atoms with E-state index in [1.807, 2.05) is 12.1 Å². The van der Waals surface area contributed by atoms with Crippen LogP contribution in [-0.4, -0.2) is 35.6 Å². The van der Waals surface area contributed by atoms with Crippen molar-refractivity contribution in [2.75, 3.05) is 25.0 Å². The maximum absolute atomic E-state index is 5.84. The Bertz CT molecular complexity index is 370. The Hall–Kier alpha value is -0.800. The Labute approximate surface area is 115 Å². The van der Waals surface area contributed by atoms with E-state index >= 15 is 0 Å². The van der Waals surface area contributed by atoms with Crippen LogP contribution in [0.15, 0.2) is 18.2 Å². The lowest BCUT2D eigenvalue weighted by atomic mass is 10.0. The summed E-state index contributed by atoms with van der Waals surface area (Å²) < 4.78 is 0. The quantitative estimate of drug-likeness (QED) is 0.655. The minimum absolute atomic E-state index is 0.546. The summed E-state index contributed by atoms with van der Waals surface area (Å²) in [5, 5.41) is 3.86. The predicted octanol–water partition coefficient (Wildman–Crippen LogP) is 3.41. The van der Waals surface area contributed by atoms with Gasteiger partial charge in [-0.15, -0.1) is 0 Å². The van der Waals surface area contributed by atoms with Gasteiger partial charge in [-0.05, 0) is 44.9 Å². The van der Waals surface area contributed by atoms with E-state index in [0.29, 0.717) is 5.15 Å². The van der Waals surface area contributed by atoms with Crippen LogP contribution >= 0.6 is 11.6 Å². The molecule has 0 aliphatic carbocycles. The maximum Gasteiger partial charge on any atom is 0.131 e. The molecule has 1 aromatic heterocycles. The number of halogens is 1. The molecule has 2 rings (SSSR count). The maximum atomic E-state index is 5.84. The van der Waals surface area contributed by atoms with Crippen molar-refractivity contribution in [1.29, 1.82) is 0 Å². The van der Waals surface area contributed by atoms with Gasteiger partial charge in [0, 0.05) is 19.1 Å². The van der Waals surface area contributed by atoms with E-state index < -0.39 is 0 Å². The molecule has 18 heavy (non-hydrogen) atoms. The van der Waals surface area contributed by atoms with Gasteiger partial charge < -0.3 is 10.2 Å². The zero-order chi connectivity index (χ0) is 12.8. The molecule has 2 heterocycles. The molecule has 1 saturated heterocycles. The molecule has 0 bridgehead atoms. The number of aromatic nitrogens is 1. The van der Waals surface area contributed by atoms with Crippen molar-refractivity contribution in [3.63, 3.8) is 0 Å². The van der Waals surface area contributed by atoms with Crippen molar-refractivity contribution in [2.24, 2.45) is 0 Å². The summed E-state index contributed by atoms with van der Waals surface area (Å²) in [6.45, 7) is 5.73. The van der Waals surface area contributed by atoms with Crippen molar-refractivity contribution >= 4 is 17.4 Å². The molecule has 3 nitrogen and oxygen atoms in total. The van der Waals surface area contributed by atoms with Gasteiger partial charge in [0.05, 0.1) is 0 Å². The molecular formula is C14H22ClN3. The lowest BCUT2D eigenvalue weighted by molar-refractivity contribution is 0.160. The van der Waals surface area contributed by atoms with Crippen LogP contribution in [0.25, 0.3) is 0 Å². The van der Waals surface area contributed by atoms with Crippen LogP contribution in [0.2, 0.25) is 5.15 Å². The minimum Gasteiger partial charge on any atom is -0.370 e. The molecule has 0 amide bonds. The number of nitrogens with zero attached hydrogens (tertiary/aromatic N) is 2. The van der Waals surface area contributed by atoms with Crippen LogP contribution < -0.4 is 5.32 Å². The average Bonchev–Trinajstić information content (AvgIpc) is 2.37. The van der Waals surface area contributed by atoms with Crippen molar-refractivity contribution in [2.45, 2.75) is 38.6 Å². The highest BCUT2D eigenvalue weighted by Gasteiger charge is 2.16. The van der Waals surface area contributed by atoms with Gasteiger partial charge in [0.1, 0.15) is 11.0 Å². The second-order valence-electron chi connectivity index (χ2n) is 5.01. The molecular weight excluding hydrogens is 246 g/mol. The number of hydrogen-bond donors (Lipinski definition) is 1. The summed E-state index contributed by atoms with van der Waals surface area (Å²) in [5.41, 5.74) is 0. The zero-order valence-corrected chi connectivity index (χ0v) is 11.8. The lowest BCUT2D eigenvalue weighted by Gasteiger charge is -2.33. The number of likely N-dealkylation sites (tertiary alicyclic amines) is 1. The van der Waals surface area contributed by atoms with E-state index in [1.165, 1.54) is 32.4 Å². The van der Waals surface area contributed by atoms with Gasteiger partial charge in [0.25, 0.3) is 0 Å². The molecule has 1 atom stereocenters. The molecule has 100 valence electrons. The van der Waals surface area contributed by atoms with E-state index in [4.69, 9.17) is 11.6 Å². The molecule has 1 aliphatic rings. The summed E-state index contributed by atoms with van der Waals surface area (Å²) in [6.07, 6.45) is 5.25. The highest BCUT2D eigenvalue weighted by Crippen LogP contribution is 2.16. The largest absolute Gasteiger partial charge is 0.370 e. The van der Waals surface area contributed by atoms with Gasteiger partial charge >= 0.3 is 0 Å². The molecule has 1 aliphatic heterocycles. The standard InChI is InChI=1S/C14H22ClN3/c1-12-6-2-3-10-18(12)11-5-9-16-14-8-4-7-13(15)17-14/h4,7-8,12H,2-3,5-6,9-11H2,1H3,(H,16,17). The van der Waals surface area contributed by atoms with E-state index in [2.05, 4.69) is 22.1 Å². The molecule has 4 heteroatoms. The molecule has 0 aromatic carbocycles. The van der Waals surface area contributed by atoms with Gasteiger partial charge in [0.2, 0.25) is 0 Å². The molecule has 1 fully saturated rings. The van der Waals surface area contributed by atoms with Crippen molar-refractivity contribution in [3.05, 3.63) is 23.4 Å². The third-order valence-electron chi connectivity index (χ3n) is 3.58. The smallest absolute Gasteiger partial charge is 0.131 e. The topological polar surface area (TPSA) is 28.2 Å². The summed E-state index contributed by atoms with van der Waals surface area (Å²) in [4.78, 5) is 6.81. The van der Waals surface area contributed by atoms with E-state index in [-0.39, 0.29) is 0 Å². The van der Waals surface area contributed by atoms with Crippen molar-refractivity contribution < 1.29 is 0 Å². The lowest BCUT2D eigenvalue weighted by Crippen LogP contribution is -2.38. The van der Waals surface area contributed by atoms with Crippen LogP contribution in [0.1, 0.15) is 32.6 Å². The Morgan fingerprint density at radius 2 is 2.33 bits per heavy atom. The van der Waals surface area contributed by atoms with Crippen LogP contribution in [-0.2, 0) is 0 Å². The Morgan fingerprint density at radius 1 is 1.44 bits per heavy atom. The fourth-order valence-electron chi connectivity index (χ4n) is 2.50. The predicted molar refractivity (Wildman–Crippen MR) is 77.2 cm³/mol. The van der Waals surface area contributed by atoms with Crippen molar-refractivity contribution in [1.82, 2.24) is 9.88 Å². The Balaban J connectivity index is 1.66. The zero-order valence-electron chi connectivity index (χ0n) is 11.0. The van der Waals surface area contributed by atoms with Gasteiger partial charge in [-0.2, -0.15) is 0 Å². The normalized spacial score (nSPS) is 20.9. The van der Waals surface area contributed by atoms with Crippen molar-refractivity contribution in [3.8, 4) is 0 Å². The highest BCUT2D eigenvalue weighted by atomic mass is 35.5. The Kier molecular flexibility index (Phi) is 5.26. The van der Waals surface area contributed by atoms with Crippen LogP contribution in [0.5, 0.6) is 0 Å². The number of piperidine rings is 1. The van der Waals surface area contributed by atoms with Gasteiger partial charge in [-0.25, -0.2) is 4.98 Å². The molecule has 1 N–H and O–H groups in total. The number of anilines is 1. The molecule has 1 aromatic rings. The monoisotopic (exact) mass is 267 g/mol. The first kappa shape index (κ1) is 13.6. The second kappa shape index (κ2) is 6.95. The van der Waals surface area contributed by atoms with Crippen LogP contribution in [0.3, 0.4) is 0 Å². The van der Waals surface area contributed by atoms with Crippen LogP contribution in [0, 0.1) is 0 Å². The fourth-order valence-corrected chi connectivity index (χ4v) is 2.66. The van der Waals surface area contributed by atoms with Gasteiger partial charge in [0.15, 0.2) is 0 Å². The summed E-state index contributed by atoms with van der Waals surface area (Å²) in [7, 11) is 0. The molecule has 0 spiro atoms. The third-order valence-corrected chi connectivity index (χ3v) is 3.79. The van der Waals surface area contributed by atoms with Gasteiger partial charge in [-0.3, -0.25) is 0 Å². The Morgan fingerprint density at radius 3 is 3.11 bits per heavy atom. The second-order valence-corrected chi connectivity index (χ2v) is 5.39. The first-order valence-electron chi connectivity index (χ1n) is 6.86. The fraction of sp³-hybridized carbons (Fsp3) is 0.643. The van der Waals surface area contributed by atoms with Crippen LogP contribution in [0.4, 0.5) is 5.82 Å². The minimum atomic E-state index is 0.546. The number of nitrogens with one attached hydrogen (secondary N) is 1. The summed E-state index contributed by atoms with van der Waals surface area (Å²) in [5.74, 6) is 0.870. The molecule has 0 saturated carbocycles. The third kappa shape index (κ3) is 4.14. The molecule has 1 unspecified atom stereocenters. The summed E-state index contributed by atoms with van der Waals surface area (Å²) >= 11 is 5.84. The van der Waals surface area contributed by atoms with E-state index in [9.17, 15) is 0 Å². The number of hydrogen-bond acceptors (Lipinski definition) is 3. The molecule has 0 radical (unpaired) electrons. The number of rotatable bonds is 5. The first-order valence-corrected chi connectivity index (χ1v) is 7.24. The highest BCUT2D eigenvalue weighted by molar-refractivity contribution is 6.29. The van der Waals surface area contributed by atoms with E-state index in [0.717, 1.165) is 24.8 Å². The van der Waals surface area contributed by atoms with Gasteiger partial charge in [-0.1, -0.05) is 24.1 Å². The first-order chi connectivity index (χ1) is 8.75. The number of pyridine rings is 1. The SMILES string of the molecule is CC1CCCCN1CCCNc1cccc(Cl)n1. The summed E-state index contributed by atoms with van der Waals surface area (Å²) in [6, 6.07) is 6.42. The van der Waals surface area contributed by atoms with E-state index in [1.54, 1.807) is 6.07 Å².